The first kappa shape index (κ1) is 14.9. The monoisotopic (exact) mass is 288 g/mol. The third kappa shape index (κ3) is 2.30. The molecule has 0 saturated carbocycles. The molecule has 0 radical (unpaired) electrons. The quantitative estimate of drug-likeness (QED) is 0.450. The van der Waals surface area contributed by atoms with Gasteiger partial charge in [-0.3, -0.25) is 14.3 Å². The van der Waals surface area contributed by atoms with Gasteiger partial charge in [0.25, 0.3) is 5.56 Å². The number of hydrogen-bond donors (Lipinski definition) is 4. The molecular weight excluding hydrogens is 272 g/mol. The van der Waals surface area contributed by atoms with Crippen LogP contribution in [0.3, 0.4) is 0 Å². The highest BCUT2D eigenvalue weighted by molar-refractivity contribution is 4.98. The van der Waals surface area contributed by atoms with Crippen molar-refractivity contribution in [1.82, 2.24) is 9.55 Å². The summed E-state index contributed by atoms with van der Waals surface area (Å²) in [7, 11) is 0. The fourth-order valence-corrected chi connectivity index (χ4v) is 2.16. The zero-order chi connectivity index (χ0) is 14.9. The van der Waals surface area contributed by atoms with Gasteiger partial charge in [-0.1, -0.05) is 0 Å². The lowest BCUT2D eigenvalue weighted by atomic mass is 10.1. The van der Waals surface area contributed by atoms with Gasteiger partial charge in [0.15, 0.2) is 6.23 Å². The molecule has 0 aromatic carbocycles. The Labute approximate surface area is 113 Å². The van der Waals surface area contributed by atoms with E-state index in [0.29, 0.717) is 0 Å². The molecule has 112 valence electrons. The van der Waals surface area contributed by atoms with E-state index < -0.39 is 42.1 Å². The van der Waals surface area contributed by atoms with Crippen LogP contribution in [0.1, 0.15) is 13.2 Å². The minimum atomic E-state index is -2.20. The third-order valence-corrected chi connectivity index (χ3v) is 3.09. The molecule has 0 amide bonds. The minimum absolute atomic E-state index is 0.0453. The largest absolute Gasteiger partial charge is 0.394 e. The van der Waals surface area contributed by atoms with E-state index in [0.717, 1.165) is 16.8 Å². The fourth-order valence-electron chi connectivity index (χ4n) is 2.16. The number of hydrogen-bond acceptors (Lipinski definition) is 7. The van der Waals surface area contributed by atoms with Crippen molar-refractivity contribution in [2.45, 2.75) is 31.1 Å². The highest BCUT2D eigenvalue weighted by atomic mass is 16.7. The standard InChI is InChI=1S/C11H16N2O7/c1-2-19-11(18)8(16)6(5-14)20-9(11)13-4-3-7(15)12-10(13)17/h3-4,6,8-9,14,16,18H,2,5H2,1H3,(H,12,15,17)/t6-,8-,9-,11+/m1/s1. The highest BCUT2D eigenvalue weighted by Gasteiger charge is 2.57. The molecule has 1 aromatic heterocycles. The second kappa shape index (κ2) is 5.46. The van der Waals surface area contributed by atoms with Crippen LogP contribution in [0.4, 0.5) is 0 Å². The number of ether oxygens (including phenoxy) is 2. The Morgan fingerprint density at radius 2 is 2.25 bits per heavy atom. The lowest BCUT2D eigenvalue weighted by Gasteiger charge is -2.30. The van der Waals surface area contributed by atoms with Crippen LogP contribution in [0, 0.1) is 0 Å². The summed E-state index contributed by atoms with van der Waals surface area (Å²) in [6.45, 7) is 1.07. The molecule has 1 aliphatic heterocycles. The summed E-state index contributed by atoms with van der Waals surface area (Å²) in [5.74, 6) is -2.20. The summed E-state index contributed by atoms with van der Waals surface area (Å²) < 4.78 is 11.3. The van der Waals surface area contributed by atoms with Crippen LogP contribution in [0.5, 0.6) is 0 Å². The smallest absolute Gasteiger partial charge is 0.330 e. The molecule has 1 aliphatic rings. The van der Waals surface area contributed by atoms with Gasteiger partial charge in [-0.05, 0) is 6.92 Å². The molecule has 20 heavy (non-hydrogen) atoms. The maximum absolute atomic E-state index is 11.7. The molecular formula is C11H16N2O7. The lowest BCUT2D eigenvalue weighted by molar-refractivity contribution is -0.276. The Kier molecular flexibility index (Phi) is 4.06. The molecule has 0 unspecified atom stereocenters. The molecule has 9 heteroatoms. The number of rotatable bonds is 4. The lowest BCUT2D eigenvalue weighted by Crippen LogP contribution is -2.51. The maximum atomic E-state index is 11.7. The zero-order valence-corrected chi connectivity index (χ0v) is 10.7. The number of aromatic amines is 1. The zero-order valence-electron chi connectivity index (χ0n) is 10.7. The van der Waals surface area contributed by atoms with E-state index in [-0.39, 0.29) is 6.61 Å². The van der Waals surface area contributed by atoms with Gasteiger partial charge < -0.3 is 24.8 Å². The van der Waals surface area contributed by atoms with Crippen molar-refractivity contribution in [3.05, 3.63) is 33.1 Å². The van der Waals surface area contributed by atoms with Crippen molar-refractivity contribution in [3.63, 3.8) is 0 Å². The van der Waals surface area contributed by atoms with E-state index in [2.05, 4.69) is 0 Å². The molecule has 1 fully saturated rings. The topological polar surface area (TPSA) is 134 Å². The highest BCUT2D eigenvalue weighted by Crippen LogP contribution is 2.38. The number of aliphatic hydroxyl groups is 3. The second-order valence-corrected chi connectivity index (χ2v) is 4.36. The Hall–Kier alpha value is -1.52. The third-order valence-electron chi connectivity index (χ3n) is 3.09. The number of nitrogens with one attached hydrogen (secondary N) is 1. The van der Waals surface area contributed by atoms with E-state index in [1.807, 2.05) is 4.98 Å². The Morgan fingerprint density at radius 1 is 1.55 bits per heavy atom. The molecule has 0 bridgehead atoms. The SMILES string of the molecule is CCO[C@@]1(O)[C@H](O)[C@@H](CO)O[C@H]1n1ccc(=O)[nH]c1=O. The summed E-state index contributed by atoms with van der Waals surface area (Å²) in [5, 5.41) is 29.5. The van der Waals surface area contributed by atoms with Crippen LogP contribution < -0.4 is 11.2 Å². The van der Waals surface area contributed by atoms with Gasteiger partial charge in [-0.15, -0.1) is 0 Å². The fraction of sp³-hybridized carbons (Fsp3) is 0.636. The van der Waals surface area contributed by atoms with Crippen LogP contribution in [0.2, 0.25) is 0 Å². The number of H-pyrrole nitrogens is 1. The first-order valence-corrected chi connectivity index (χ1v) is 6.06. The Balaban J connectivity index is 2.47. The van der Waals surface area contributed by atoms with Gasteiger partial charge in [0.1, 0.15) is 12.2 Å². The van der Waals surface area contributed by atoms with Gasteiger partial charge in [-0.25, -0.2) is 4.79 Å². The minimum Gasteiger partial charge on any atom is -0.394 e. The van der Waals surface area contributed by atoms with Gasteiger partial charge in [0.2, 0.25) is 5.79 Å². The van der Waals surface area contributed by atoms with E-state index >= 15 is 0 Å². The molecule has 0 aliphatic carbocycles. The van der Waals surface area contributed by atoms with E-state index in [9.17, 15) is 19.8 Å². The summed E-state index contributed by atoms with van der Waals surface area (Å²) in [5.41, 5.74) is -1.44. The Bertz CT molecular complexity index is 583. The molecule has 4 atom stereocenters. The predicted octanol–water partition coefficient (Wildman–Crippen LogP) is -2.49. The summed E-state index contributed by atoms with van der Waals surface area (Å²) in [4.78, 5) is 24.8. The Morgan fingerprint density at radius 3 is 2.80 bits per heavy atom. The van der Waals surface area contributed by atoms with Crippen LogP contribution in [0.15, 0.2) is 21.9 Å². The van der Waals surface area contributed by atoms with Gasteiger partial charge in [0.05, 0.1) is 6.61 Å². The van der Waals surface area contributed by atoms with Crippen molar-refractivity contribution in [2.75, 3.05) is 13.2 Å². The van der Waals surface area contributed by atoms with Crippen LogP contribution >= 0.6 is 0 Å². The normalized spacial score (nSPS) is 33.5. The van der Waals surface area contributed by atoms with Crippen molar-refractivity contribution >= 4 is 0 Å². The first-order chi connectivity index (χ1) is 9.43. The molecule has 2 rings (SSSR count). The average molecular weight is 288 g/mol. The van der Waals surface area contributed by atoms with Gasteiger partial charge in [0, 0.05) is 18.9 Å². The number of nitrogens with zero attached hydrogens (tertiary/aromatic N) is 1. The molecule has 0 spiro atoms. The predicted molar refractivity (Wildman–Crippen MR) is 64.9 cm³/mol. The van der Waals surface area contributed by atoms with Gasteiger partial charge >= 0.3 is 5.69 Å². The van der Waals surface area contributed by atoms with Gasteiger partial charge in [-0.2, -0.15) is 0 Å². The average Bonchev–Trinajstić information content (AvgIpc) is 2.63. The van der Waals surface area contributed by atoms with Crippen molar-refractivity contribution in [3.8, 4) is 0 Å². The van der Waals surface area contributed by atoms with Crippen molar-refractivity contribution in [2.24, 2.45) is 0 Å². The van der Waals surface area contributed by atoms with Crippen LogP contribution in [0.25, 0.3) is 0 Å². The first-order valence-electron chi connectivity index (χ1n) is 6.06. The molecule has 4 N–H and O–H groups in total. The molecule has 2 heterocycles. The van der Waals surface area contributed by atoms with Crippen molar-refractivity contribution < 1.29 is 24.8 Å². The number of aliphatic hydroxyl groups excluding tert-OH is 2. The van der Waals surface area contributed by atoms with E-state index in [1.54, 1.807) is 6.92 Å². The van der Waals surface area contributed by atoms with E-state index in [1.165, 1.54) is 0 Å². The van der Waals surface area contributed by atoms with Crippen molar-refractivity contribution in [1.29, 1.82) is 0 Å². The number of aromatic nitrogens is 2. The second-order valence-electron chi connectivity index (χ2n) is 4.36. The summed E-state index contributed by atoms with van der Waals surface area (Å²) in [6.07, 6.45) is -2.94. The molecule has 1 saturated heterocycles. The van der Waals surface area contributed by atoms with Crippen LogP contribution in [-0.2, 0) is 9.47 Å². The van der Waals surface area contributed by atoms with E-state index in [4.69, 9.17) is 14.6 Å². The summed E-state index contributed by atoms with van der Waals surface area (Å²) in [6, 6.07) is 1.07. The maximum Gasteiger partial charge on any atom is 0.330 e. The summed E-state index contributed by atoms with van der Waals surface area (Å²) >= 11 is 0. The van der Waals surface area contributed by atoms with Crippen LogP contribution in [-0.4, -0.2) is 56.1 Å². The molecule has 9 nitrogen and oxygen atoms in total. The molecule has 1 aromatic rings.